The van der Waals surface area contributed by atoms with Gasteiger partial charge in [-0.15, -0.1) is 0 Å². The van der Waals surface area contributed by atoms with Gasteiger partial charge in [0.2, 0.25) is 0 Å². The molecule has 1 aliphatic heterocycles. The topological polar surface area (TPSA) is 123 Å². The van der Waals surface area contributed by atoms with Crippen LogP contribution < -0.4 is 11.1 Å². The molecule has 3 rings (SSSR count). The summed E-state index contributed by atoms with van der Waals surface area (Å²) in [4.78, 5) is 24.0. The van der Waals surface area contributed by atoms with Gasteiger partial charge in [-0.3, -0.25) is 4.57 Å². The number of rotatable bonds is 13. The van der Waals surface area contributed by atoms with Crippen LogP contribution in [0.2, 0.25) is 0 Å². The van der Waals surface area contributed by atoms with Gasteiger partial charge in [-0.05, 0) is 54.1 Å². The molecule has 0 aromatic heterocycles. The Morgan fingerprint density at radius 1 is 1.22 bits per heavy atom. The number of hydrogen-bond donors (Lipinski definition) is 3. The van der Waals surface area contributed by atoms with Gasteiger partial charge < -0.3 is 29.9 Å². The van der Waals surface area contributed by atoms with Crippen LogP contribution in [-0.2, 0) is 25.0 Å². The number of nitrogens with two attached hydrogens (primary N) is 1. The summed E-state index contributed by atoms with van der Waals surface area (Å²) in [6, 6.07) is 16.5. The summed E-state index contributed by atoms with van der Waals surface area (Å²) < 4.78 is 31.2. The van der Waals surface area contributed by atoms with E-state index in [1.165, 1.54) is 11.9 Å². The standard InChI is InChI=1S/C26H38N3O6PS/c1-19(2)16-29(37-23-11-9-21(27)10-12-23)17-25(35-36(3,31)32)24(15-20-7-5-4-6-8-20)28-26(30)34-22-13-14-33-18-22/h4-12,19,22,24-25H,13-18,27H2,1-3H3,(H,28,30)(H,31,32). The van der Waals surface area contributed by atoms with Gasteiger partial charge in [0.05, 0.1) is 19.3 Å². The first kappa shape index (κ1) is 29.5. The highest BCUT2D eigenvalue weighted by atomic mass is 32.2. The summed E-state index contributed by atoms with van der Waals surface area (Å²) in [5.41, 5.74) is 7.47. The smallest absolute Gasteiger partial charge is 0.407 e. The molecular weight excluding hydrogens is 513 g/mol. The number of alkyl carbamates (subject to hydrolysis) is 1. The Morgan fingerprint density at radius 2 is 1.92 bits per heavy atom. The number of nitrogens with one attached hydrogen (secondary N) is 1. The lowest BCUT2D eigenvalue weighted by molar-refractivity contribution is 0.0680. The molecular formula is C26H38N3O6PS. The number of amides is 1. The molecule has 4 unspecified atom stereocenters. The Hall–Kier alpha value is -2.07. The van der Waals surface area contributed by atoms with E-state index in [1.54, 1.807) is 0 Å². The summed E-state index contributed by atoms with van der Waals surface area (Å²) in [5, 5.41) is 2.92. The van der Waals surface area contributed by atoms with Crippen molar-refractivity contribution >= 4 is 31.3 Å². The summed E-state index contributed by atoms with van der Waals surface area (Å²) >= 11 is 1.51. The second-order valence-corrected chi connectivity index (χ2v) is 12.7. The average Bonchev–Trinajstić information content (AvgIpc) is 3.32. The third kappa shape index (κ3) is 11.1. The molecule has 37 heavy (non-hydrogen) atoms. The van der Waals surface area contributed by atoms with Crippen LogP contribution in [0.1, 0.15) is 25.8 Å². The molecule has 2 aromatic carbocycles. The van der Waals surface area contributed by atoms with Crippen molar-refractivity contribution in [3.63, 3.8) is 0 Å². The third-order valence-electron chi connectivity index (χ3n) is 5.61. The minimum atomic E-state index is -3.90. The Bertz CT molecular complexity index is 1010. The van der Waals surface area contributed by atoms with Crippen LogP contribution in [0.25, 0.3) is 0 Å². The number of nitrogen functional groups attached to an aromatic ring is 1. The van der Waals surface area contributed by atoms with Crippen molar-refractivity contribution in [2.45, 2.75) is 49.8 Å². The first-order valence-electron chi connectivity index (χ1n) is 12.4. The zero-order valence-corrected chi connectivity index (χ0v) is 23.3. The fourth-order valence-corrected chi connectivity index (χ4v) is 5.87. The minimum absolute atomic E-state index is 0.288. The maximum atomic E-state index is 12.8. The van der Waals surface area contributed by atoms with Crippen LogP contribution >= 0.6 is 19.5 Å². The summed E-state index contributed by atoms with van der Waals surface area (Å²) in [5.74, 6) is 0.317. The van der Waals surface area contributed by atoms with Crippen LogP contribution in [0.5, 0.6) is 0 Å². The van der Waals surface area contributed by atoms with Crippen LogP contribution in [0.15, 0.2) is 59.5 Å². The quantitative estimate of drug-likeness (QED) is 0.187. The number of ether oxygens (including phenoxy) is 2. The molecule has 2 aromatic rings. The van der Waals surface area contributed by atoms with Crippen molar-refractivity contribution in [2.24, 2.45) is 5.92 Å². The molecule has 1 saturated heterocycles. The van der Waals surface area contributed by atoms with Crippen molar-refractivity contribution in [3.05, 3.63) is 60.2 Å². The summed E-state index contributed by atoms with van der Waals surface area (Å²) in [7, 11) is -3.90. The molecule has 9 nitrogen and oxygen atoms in total. The lowest BCUT2D eigenvalue weighted by atomic mass is 10.0. The van der Waals surface area contributed by atoms with Crippen molar-refractivity contribution in [1.82, 2.24) is 9.62 Å². The predicted molar refractivity (Wildman–Crippen MR) is 147 cm³/mol. The van der Waals surface area contributed by atoms with E-state index in [9.17, 15) is 14.3 Å². The van der Waals surface area contributed by atoms with E-state index in [1.807, 2.05) is 54.6 Å². The number of benzene rings is 2. The molecule has 1 fully saturated rings. The molecule has 1 aliphatic rings. The monoisotopic (exact) mass is 551 g/mol. The Morgan fingerprint density at radius 3 is 2.51 bits per heavy atom. The first-order valence-corrected chi connectivity index (χ1v) is 15.2. The lowest BCUT2D eigenvalue weighted by Gasteiger charge is -2.33. The van der Waals surface area contributed by atoms with E-state index in [4.69, 9.17) is 19.7 Å². The van der Waals surface area contributed by atoms with E-state index in [0.29, 0.717) is 44.2 Å². The predicted octanol–water partition coefficient (Wildman–Crippen LogP) is 4.56. The minimum Gasteiger partial charge on any atom is -0.444 e. The highest BCUT2D eigenvalue weighted by Crippen LogP contribution is 2.40. The molecule has 1 heterocycles. The van der Waals surface area contributed by atoms with Crippen molar-refractivity contribution < 1.29 is 28.3 Å². The van der Waals surface area contributed by atoms with Crippen molar-refractivity contribution in [1.29, 1.82) is 0 Å². The summed E-state index contributed by atoms with van der Waals surface area (Å²) in [6.45, 7) is 7.25. The highest BCUT2D eigenvalue weighted by Gasteiger charge is 2.33. The molecule has 4 atom stereocenters. The highest BCUT2D eigenvalue weighted by molar-refractivity contribution is 7.97. The number of anilines is 1. The fraction of sp³-hybridized carbons (Fsp3) is 0.500. The Kier molecular flexibility index (Phi) is 11.3. The number of carbonyl (C=O) groups excluding carboxylic acids is 1. The van der Waals surface area contributed by atoms with Gasteiger partial charge in [0.1, 0.15) is 12.2 Å². The van der Waals surface area contributed by atoms with Gasteiger partial charge in [0.15, 0.2) is 0 Å². The zero-order valence-electron chi connectivity index (χ0n) is 21.6. The zero-order chi connectivity index (χ0) is 26.8. The molecule has 0 bridgehead atoms. The van der Waals surface area contributed by atoms with Crippen molar-refractivity contribution in [3.8, 4) is 0 Å². The van der Waals surface area contributed by atoms with Gasteiger partial charge in [0, 0.05) is 36.8 Å². The molecule has 0 radical (unpaired) electrons. The van der Waals surface area contributed by atoms with Crippen LogP contribution in [0, 0.1) is 5.92 Å². The van der Waals surface area contributed by atoms with E-state index >= 15 is 0 Å². The SMILES string of the molecule is CC(C)CN(CC(OP(C)(=O)O)C(Cc1ccccc1)NC(=O)OC1CCOC1)Sc1ccc(N)cc1. The molecule has 0 saturated carbocycles. The lowest BCUT2D eigenvalue weighted by Crippen LogP contribution is -2.50. The first-order chi connectivity index (χ1) is 17.6. The van der Waals surface area contributed by atoms with E-state index < -0.39 is 25.8 Å². The van der Waals surface area contributed by atoms with Crippen LogP contribution in [-0.4, -0.2) is 66.5 Å². The Labute approximate surface area is 223 Å². The Balaban J connectivity index is 1.85. The van der Waals surface area contributed by atoms with Crippen molar-refractivity contribution in [2.75, 3.05) is 38.7 Å². The largest absolute Gasteiger partial charge is 0.444 e. The molecule has 0 aliphatic carbocycles. The van der Waals surface area contributed by atoms with E-state index in [-0.39, 0.29) is 12.6 Å². The molecule has 0 spiro atoms. The third-order valence-corrected chi connectivity index (χ3v) is 7.31. The van der Waals surface area contributed by atoms with Gasteiger partial charge in [-0.2, -0.15) is 0 Å². The summed E-state index contributed by atoms with van der Waals surface area (Å²) in [6.07, 6.45) is -0.684. The second-order valence-electron chi connectivity index (χ2n) is 9.68. The molecule has 204 valence electrons. The van der Waals surface area contributed by atoms with Gasteiger partial charge >= 0.3 is 13.7 Å². The molecule has 11 heteroatoms. The number of carbonyl (C=O) groups is 1. The van der Waals surface area contributed by atoms with E-state index in [0.717, 1.165) is 17.1 Å². The van der Waals surface area contributed by atoms with Gasteiger partial charge in [0.25, 0.3) is 0 Å². The second kappa shape index (κ2) is 14.2. The van der Waals surface area contributed by atoms with Gasteiger partial charge in [-0.25, -0.2) is 9.10 Å². The maximum absolute atomic E-state index is 12.8. The molecule has 4 N–H and O–H groups in total. The van der Waals surface area contributed by atoms with Crippen LogP contribution in [0.3, 0.4) is 0 Å². The fourth-order valence-electron chi connectivity index (χ4n) is 4.01. The molecule has 1 amide bonds. The van der Waals surface area contributed by atoms with Gasteiger partial charge in [-0.1, -0.05) is 44.2 Å². The average molecular weight is 552 g/mol. The maximum Gasteiger partial charge on any atom is 0.407 e. The van der Waals surface area contributed by atoms with Crippen LogP contribution in [0.4, 0.5) is 10.5 Å². The van der Waals surface area contributed by atoms with E-state index in [2.05, 4.69) is 23.5 Å². The normalized spacial score (nSPS) is 18.9. The number of hydrogen-bond acceptors (Lipinski definition) is 8. The number of nitrogens with zero attached hydrogens (tertiary/aromatic N) is 1.